The molecule has 0 amide bonds. The van der Waals surface area contributed by atoms with Gasteiger partial charge >= 0.3 is 0 Å². The van der Waals surface area contributed by atoms with Crippen LogP contribution in [0.1, 0.15) is 50.9 Å². The van der Waals surface area contributed by atoms with Crippen molar-refractivity contribution in [3.05, 3.63) is 40.2 Å². The second-order valence-electron chi connectivity index (χ2n) is 6.61. The molecule has 0 unspecified atom stereocenters. The zero-order valence-corrected chi connectivity index (χ0v) is 14.5. The second kappa shape index (κ2) is 7.14. The van der Waals surface area contributed by atoms with Crippen molar-refractivity contribution in [2.24, 2.45) is 0 Å². The minimum absolute atomic E-state index is 0.00966. The monoisotopic (exact) mass is 346 g/mol. The third-order valence-corrected chi connectivity index (χ3v) is 4.41. The summed E-state index contributed by atoms with van der Waals surface area (Å²) in [6, 6.07) is 3.37. The SMILES string of the molecule is CC(C)c1noc([C@@H](C)N2CC[C@@H](Nc3ccc([N+](=O)[O-])cn3)C2)n1. The quantitative estimate of drug-likeness (QED) is 0.628. The van der Waals surface area contributed by atoms with Gasteiger partial charge in [-0.25, -0.2) is 4.98 Å². The van der Waals surface area contributed by atoms with E-state index in [1.807, 2.05) is 13.8 Å². The number of aromatic nitrogens is 3. The van der Waals surface area contributed by atoms with Gasteiger partial charge in [0.25, 0.3) is 5.69 Å². The van der Waals surface area contributed by atoms with Crippen molar-refractivity contribution in [2.75, 3.05) is 18.4 Å². The van der Waals surface area contributed by atoms with Gasteiger partial charge in [0, 0.05) is 31.1 Å². The maximum Gasteiger partial charge on any atom is 0.287 e. The number of hydrogen-bond donors (Lipinski definition) is 1. The van der Waals surface area contributed by atoms with Crippen LogP contribution in [-0.2, 0) is 0 Å². The van der Waals surface area contributed by atoms with Crippen LogP contribution in [0.15, 0.2) is 22.9 Å². The van der Waals surface area contributed by atoms with Crippen molar-refractivity contribution in [1.82, 2.24) is 20.0 Å². The third kappa shape index (κ3) is 3.93. The molecule has 1 fully saturated rings. The van der Waals surface area contributed by atoms with Gasteiger partial charge in [0.1, 0.15) is 12.0 Å². The fraction of sp³-hybridized carbons (Fsp3) is 0.562. The van der Waals surface area contributed by atoms with Crippen LogP contribution in [0.5, 0.6) is 0 Å². The number of anilines is 1. The highest BCUT2D eigenvalue weighted by atomic mass is 16.6. The minimum atomic E-state index is -0.453. The Morgan fingerprint density at radius 3 is 2.80 bits per heavy atom. The van der Waals surface area contributed by atoms with Crippen LogP contribution in [0.2, 0.25) is 0 Å². The lowest BCUT2D eigenvalue weighted by molar-refractivity contribution is -0.385. The van der Waals surface area contributed by atoms with Crippen LogP contribution >= 0.6 is 0 Å². The Morgan fingerprint density at radius 1 is 1.40 bits per heavy atom. The van der Waals surface area contributed by atoms with E-state index in [1.165, 1.54) is 12.3 Å². The lowest BCUT2D eigenvalue weighted by atomic mass is 10.2. The van der Waals surface area contributed by atoms with Crippen molar-refractivity contribution in [2.45, 2.75) is 45.2 Å². The molecule has 0 bridgehead atoms. The van der Waals surface area contributed by atoms with Gasteiger partial charge in [0.05, 0.1) is 11.0 Å². The fourth-order valence-electron chi connectivity index (χ4n) is 2.85. The minimum Gasteiger partial charge on any atom is -0.366 e. The van der Waals surface area contributed by atoms with Gasteiger partial charge in [0.2, 0.25) is 5.89 Å². The first kappa shape index (κ1) is 17.3. The highest BCUT2D eigenvalue weighted by Crippen LogP contribution is 2.26. The molecule has 2 atom stereocenters. The van der Waals surface area contributed by atoms with Crippen molar-refractivity contribution in [3.63, 3.8) is 0 Å². The number of nitrogens with one attached hydrogen (secondary N) is 1. The van der Waals surface area contributed by atoms with E-state index < -0.39 is 4.92 Å². The van der Waals surface area contributed by atoms with Crippen molar-refractivity contribution in [3.8, 4) is 0 Å². The van der Waals surface area contributed by atoms with Crippen molar-refractivity contribution < 1.29 is 9.45 Å². The Bertz CT molecular complexity index is 730. The van der Waals surface area contributed by atoms with Gasteiger partial charge in [0.15, 0.2) is 5.82 Å². The molecule has 3 rings (SSSR count). The van der Waals surface area contributed by atoms with E-state index in [9.17, 15) is 10.1 Å². The summed E-state index contributed by atoms with van der Waals surface area (Å²) >= 11 is 0. The summed E-state index contributed by atoms with van der Waals surface area (Å²) in [4.78, 5) is 21.1. The van der Waals surface area contributed by atoms with Crippen LogP contribution < -0.4 is 5.32 Å². The molecule has 25 heavy (non-hydrogen) atoms. The number of rotatable bonds is 6. The van der Waals surface area contributed by atoms with Crippen LogP contribution in [0.4, 0.5) is 11.5 Å². The number of hydrogen-bond acceptors (Lipinski definition) is 8. The molecule has 0 spiro atoms. The average Bonchev–Trinajstić information content (AvgIpc) is 3.24. The second-order valence-corrected chi connectivity index (χ2v) is 6.61. The van der Waals surface area contributed by atoms with Gasteiger partial charge in [-0.1, -0.05) is 19.0 Å². The van der Waals surface area contributed by atoms with Crippen LogP contribution in [-0.4, -0.2) is 44.1 Å². The summed E-state index contributed by atoms with van der Waals surface area (Å²) in [5.74, 6) is 2.25. The predicted octanol–water partition coefficient (Wildman–Crippen LogP) is 2.74. The molecule has 9 nitrogen and oxygen atoms in total. The fourth-order valence-corrected chi connectivity index (χ4v) is 2.85. The highest BCUT2D eigenvalue weighted by molar-refractivity contribution is 5.41. The molecule has 1 aliphatic rings. The average molecular weight is 346 g/mol. The maximum absolute atomic E-state index is 10.7. The number of pyridine rings is 1. The van der Waals surface area contributed by atoms with E-state index in [1.54, 1.807) is 6.07 Å². The zero-order valence-electron chi connectivity index (χ0n) is 14.5. The van der Waals surface area contributed by atoms with Gasteiger partial charge in [-0.2, -0.15) is 4.98 Å². The molecule has 2 aromatic rings. The molecule has 1 aliphatic heterocycles. The lowest BCUT2D eigenvalue weighted by Crippen LogP contribution is -2.29. The Labute approximate surface area is 145 Å². The van der Waals surface area contributed by atoms with Crippen molar-refractivity contribution in [1.29, 1.82) is 0 Å². The summed E-state index contributed by atoms with van der Waals surface area (Å²) in [6.45, 7) is 7.85. The van der Waals surface area contributed by atoms with Gasteiger partial charge in [-0.3, -0.25) is 15.0 Å². The lowest BCUT2D eigenvalue weighted by Gasteiger charge is -2.21. The summed E-state index contributed by atoms with van der Waals surface area (Å²) in [5.41, 5.74) is -0.00966. The first-order chi connectivity index (χ1) is 11.9. The number of likely N-dealkylation sites (tertiary alicyclic amines) is 1. The molecular weight excluding hydrogens is 324 g/mol. The Hall–Kier alpha value is -2.55. The summed E-state index contributed by atoms with van der Waals surface area (Å²) in [7, 11) is 0. The smallest absolute Gasteiger partial charge is 0.287 e. The first-order valence-corrected chi connectivity index (χ1v) is 8.38. The molecule has 0 aromatic carbocycles. The molecule has 134 valence electrons. The van der Waals surface area contributed by atoms with E-state index in [0.29, 0.717) is 11.7 Å². The largest absolute Gasteiger partial charge is 0.366 e. The molecular formula is C16H22N6O3. The summed E-state index contributed by atoms with van der Waals surface area (Å²) < 4.78 is 5.39. The molecule has 2 aromatic heterocycles. The Morgan fingerprint density at radius 2 is 2.20 bits per heavy atom. The van der Waals surface area contributed by atoms with E-state index in [2.05, 4.69) is 32.3 Å². The predicted molar refractivity (Wildman–Crippen MR) is 91.3 cm³/mol. The zero-order chi connectivity index (χ0) is 18.0. The molecule has 3 heterocycles. The Balaban J connectivity index is 1.58. The third-order valence-electron chi connectivity index (χ3n) is 4.41. The maximum atomic E-state index is 10.7. The standard InChI is InChI=1S/C16H22N6O3/c1-10(2)15-19-16(25-20-15)11(3)21-7-6-12(9-21)18-14-5-4-13(8-17-14)22(23)24/h4-5,8,10-12H,6-7,9H2,1-3H3,(H,17,18)/t11-,12-/m1/s1. The first-order valence-electron chi connectivity index (χ1n) is 8.38. The molecule has 1 saturated heterocycles. The topological polar surface area (TPSA) is 110 Å². The Kier molecular flexibility index (Phi) is 4.93. The van der Waals surface area contributed by atoms with Gasteiger partial charge in [-0.05, 0) is 19.4 Å². The molecule has 0 saturated carbocycles. The molecule has 0 aliphatic carbocycles. The normalized spacial score (nSPS) is 19.3. The molecule has 0 radical (unpaired) electrons. The van der Waals surface area contributed by atoms with E-state index in [0.717, 1.165) is 25.3 Å². The number of nitro groups is 1. The van der Waals surface area contributed by atoms with E-state index in [-0.39, 0.29) is 23.7 Å². The van der Waals surface area contributed by atoms with Crippen LogP contribution in [0, 0.1) is 10.1 Å². The van der Waals surface area contributed by atoms with E-state index >= 15 is 0 Å². The van der Waals surface area contributed by atoms with E-state index in [4.69, 9.17) is 4.52 Å². The van der Waals surface area contributed by atoms with Crippen molar-refractivity contribution >= 4 is 11.5 Å². The number of nitrogens with zero attached hydrogens (tertiary/aromatic N) is 5. The van der Waals surface area contributed by atoms with Crippen LogP contribution in [0.3, 0.4) is 0 Å². The van der Waals surface area contributed by atoms with Gasteiger partial charge in [-0.15, -0.1) is 0 Å². The molecule has 9 heteroatoms. The molecule has 1 N–H and O–H groups in total. The van der Waals surface area contributed by atoms with Gasteiger partial charge < -0.3 is 9.84 Å². The highest BCUT2D eigenvalue weighted by Gasteiger charge is 2.30. The van der Waals surface area contributed by atoms with Crippen LogP contribution in [0.25, 0.3) is 0 Å². The summed E-state index contributed by atoms with van der Waals surface area (Å²) in [5, 5.41) is 18.0. The summed E-state index contributed by atoms with van der Waals surface area (Å²) in [6.07, 6.45) is 2.22.